The largest absolute Gasteiger partial charge is 0.318 e. The highest BCUT2D eigenvalue weighted by atomic mass is 32.1. The van der Waals surface area contributed by atoms with E-state index in [1.54, 1.807) is 18.2 Å². The second-order valence-electron chi connectivity index (χ2n) is 4.64. The first-order chi connectivity index (χ1) is 9.54. The predicted octanol–water partition coefficient (Wildman–Crippen LogP) is 3.97. The zero-order valence-electron chi connectivity index (χ0n) is 11.7. The quantitative estimate of drug-likeness (QED) is 0.632. The van der Waals surface area contributed by atoms with Crippen LogP contribution in [0, 0.1) is 17.0 Å². The number of thiazole rings is 1. The topological polar surface area (TPSA) is 60.4 Å². The molecule has 0 saturated carbocycles. The molecule has 1 aromatic carbocycles. The molecule has 0 aliphatic heterocycles. The number of para-hydroxylation sites is 2. The van der Waals surface area contributed by atoms with Gasteiger partial charge in [-0.25, -0.2) is 4.99 Å². The van der Waals surface area contributed by atoms with Crippen molar-refractivity contribution in [3.05, 3.63) is 50.3 Å². The van der Waals surface area contributed by atoms with Crippen molar-refractivity contribution >= 4 is 22.7 Å². The molecular weight excluding hydrogens is 274 g/mol. The molecular formula is C14H17N3O2S. The monoisotopic (exact) mass is 291 g/mol. The van der Waals surface area contributed by atoms with Crippen LogP contribution in [0.1, 0.15) is 32.0 Å². The van der Waals surface area contributed by atoms with Crippen LogP contribution in [0.25, 0.3) is 0 Å². The minimum atomic E-state index is -0.396. The summed E-state index contributed by atoms with van der Waals surface area (Å²) in [4.78, 5) is 15.9. The molecule has 0 aliphatic carbocycles. The van der Waals surface area contributed by atoms with E-state index in [0.29, 0.717) is 11.7 Å². The Labute approximate surface area is 121 Å². The minimum Gasteiger partial charge on any atom is -0.318 e. The summed E-state index contributed by atoms with van der Waals surface area (Å²) < 4.78 is 2.13. The van der Waals surface area contributed by atoms with Crippen LogP contribution in [0.4, 0.5) is 11.4 Å². The van der Waals surface area contributed by atoms with Crippen molar-refractivity contribution in [2.24, 2.45) is 4.99 Å². The maximum absolute atomic E-state index is 11.0. The first-order valence-electron chi connectivity index (χ1n) is 6.49. The summed E-state index contributed by atoms with van der Waals surface area (Å²) in [6, 6.07) is 6.89. The summed E-state index contributed by atoms with van der Waals surface area (Å²) in [5.74, 6) is 0. The Morgan fingerprint density at radius 3 is 2.80 bits per heavy atom. The van der Waals surface area contributed by atoms with Crippen LogP contribution >= 0.6 is 11.3 Å². The van der Waals surface area contributed by atoms with Crippen molar-refractivity contribution in [1.82, 2.24) is 4.57 Å². The number of aryl methyl sites for hydroxylation is 1. The van der Waals surface area contributed by atoms with Gasteiger partial charge in [-0.2, -0.15) is 0 Å². The number of nitro groups is 1. The number of hydrogen-bond acceptors (Lipinski definition) is 4. The Morgan fingerprint density at radius 2 is 2.15 bits per heavy atom. The van der Waals surface area contributed by atoms with Crippen molar-refractivity contribution < 1.29 is 4.92 Å². The third-order valence-corrected chi connectivity index (χ3v) is 4.20. The van der Waals surface area contributed by atoms with Crippen LogP contribution in [-0.2, 0) is 0 Å². The molecule has 2 rings (SSSR count). The average Bonchev–Trinajstić information content (AvgIpc) is 2.79. The van der Waals surface area contributed by atoms with Crippen LogP contribution in [0.3, 0.4) is 0 Å². The van der Waals surface area contributed by atoms with Gasteiger partial charge in [0.1, 0.15) is 5.69 Å². The molecule has 0 bridgehead atoms. The molecule has 1 atom stereocenters. The Morgan fingerprint density at radius 1 is 1.45 bits per heavy atom. The molecule has 2 aromatic rings. The predicted molar refractivity (Wildman–Crippen MR) is 80.4 cm³/mol. The Kier molecular flexibility index (Phi) is 4.34. The fourth-order valence-electron chi connectivity index (χ4n) is 2.02. The van der Waals surface area contributed by atoms with E-state index in [1.165, 1.54) is 17.4 Å². The lowest BCUT2D eigenvalue weighted by Crippen LogP contribution is -2.19. The third kappa shape index (κ3) is 2.80. The van der Waals surface area contributed by atoms with Gasteiger partial charge in [-0.3, -0.25) is 10.1 Å². The van der Waals surface area contributed by atoms with E-state index in [0.717, 1.165) is 16.9 Å². The van der Waals surface area contributed by atoms with Crippen LogP contribution in [0.2, 0.25) is 0 Å². The van der Waals surface area contributed by atoms with Gasteiger partial charge in [0.05, 0.1) is 4.92 Å². The first kappa shape index (κ1) is 14.5. The molecule has 0 aliphatic rings. The van der Waals surface area contributed by atoms with Gasteiger partial charge in [-0.1, -0.05) is 19.1 Å². The van der Waals surface area contributed by atoms with Crippen LogP contribution < -0.4 is 4.80 Å². The van der Waals surface area contributed by atoms with Gasteiger partial charge in [0.15, 0.2) is 4.80 Å². The molecule has 0 amide bonds. The van der Waals surface area contributed by atoms with Crippen LogP contribution in [0.15, 0.2) is 34.6 Å². The maximum atomic E-state index is 11.0. The molecule has 20 heavy (non-hydrogen) atoms. The Bertz CT molecular complexity index is 688. The zero-order chi connectivity index (χ0) is 14.7. The van der Waals surface area contributed by atoms with Crippen LogP contribution in [0.5, 0.6) is 0 Å². The molecule has 0 fully saturated rings. The molecule has 6 heteroatoms. The van der Waals surface area contributed by atoms with E-state index >= 15 is 0 Å². The molecule has 1 unspecified atom stereocenters. The highest BCUT2D eigenvalue weighted by molar-refractivity contribution is 7.07. The van der Waals surface area contributed by atoms with Crippen molar-refractivity contribution in [3.63, 3.8) is 0 Å². The van der Waals surface area contributed by atoms with Gasteiger partial charge in [-0.05, 0) is 26.3 Å². The molecule has 0 radical (unpaired) electrons. The van der Waals surface area contributed by atoms with E-state index in [-0.39, 0.29) is 5.69 Å². The van der Waals surface area contributed by atoms with Crippen LogP contribution in [-0.4, -0.2) is 9.49 Å². The number of benzene rings is 1. The van der Waals surface area contributed by atoms with Crippen molar-refractivity contribution in [3.8, 4) is 0 Å². The third-order valence-electron chi connectivity index (χ3n) is 3.25. The SMILES string of the molecule is CCC(C)n1c(C)csc1=Nc1ccccc1[N+](=O)[O-]. The normalized spacial score (nSPS) is 13.4. The molecule has 1 heterocycles. The highest BCUT2D eigenvalue weighted by Gasteiger charge is 2.13. The van der Waals surface area contributed by atoms with E-state index in [9.17, 15) is 10.1 Å². The first-order valence-corrected chi connectivity index (χ1v) is 7.37. The Balaban J connectivity index is 2.60. The molecule has 5 nitrogen and oxygen atoms in total. The van der Waals surface area contributed by atoms with Gasteiger partial charge >= 0.3 is 0 Å². The summed E-state index contributed by atoms with van der Waals surface area (Å²) in [6.45, 7) is 6.27. The number of nitrogens with zero attached hydrogens (tertiary/aromatic N) is 3. The van der Waals surface area contributed by atoms with Crippen molar-refractivity contribution in [2.75, 3.05) is 0 Å². The lowest BCUT2D eigenvalue weighted by atomic mass is 10.2. The Hall–Kier alpha value is -1.95. The van der Waals surface area contributed by atoms with E-state index in [4.69, 9.17) is 0 Å². The van der Waals surface area contributed by atoms with E-state index in [1.807, 2.05) is 12.3 Å². The fraction of sp³-hybridized carbons (Fsp3) is 0.357. The molecule has 0 spiro atoms. The molecule has 106 valence electrons. The summed E-state index contributed by atoms with van der Waals surface area (Å²) in [5, 5.41) is 13.1. The summed E-state index contributed by atoms with van der Waals surface area (Å²) >= 11 is 1.51. The molecule has 0 N–H and O–H groups in total. The standard InChI is InChI=1S/C14H17N3O2S/c1-4-10(2)16-11(3)9-20-14(16)15-12-7-5-6-8-13(12)17(18)19/h5-10H,4H2,1-3H3. The zero-order valence-corrected chi connectivity index (χ0v) is 12.6. The van der Waals surface area contributed by atoms with Gasteiger partial charge in [-0.15, -0.1) is 11.3 Å². The van der Waals surface area contributed by atoms with Gasteiger partial charge in [0, 0.05) is 23.2 Å². The smallest absolute Gasteiger partial charge is 0.294 e. The van der Waals surface area contributed by atoms with Crippen molar-refractivity contribution in [2.45, 2.75) is 33.2 Å². The molecule has 0 saturated heterocycles. The summed E-state index contributed by atoms with van der Waals surface area (Å²) in [6.07, 6.45) is 0.988. The number of nitro benzene ring substituents is 1. The van der Waals surface area contributed by atoms with Gasteiger partial charge < -0.3 is 4.57 Å². The van der Waals surface area contributed by atoms with E-state index < -0.39 is 4.92 Å². The number of hydrogen-bond donors (Lipinski definition) is 0. The molecule has 1 aromatic heterocycles. The minimum absolute atomic E-state index is 0.0363. The highest BCUT2D eigenvalue weighted by Crippen LogP contribution is 2.26. The lowest BCUT2D eigenvalue weighted by Gasteiger charge is -2.13. The summed E-state index contributed by atoms with van der Waals surface area (Å²) in [7, 11) is 0. The number of aromatic nitrogens is 1. The average molecular weight is 291 g/mol. The summed E-state index contributed by atoms with van der Waals surface area (Å²) in [5.41, 5.74) is 1.56. The van der Waals surface area contributed by atoms with E-state index in [2.05, 4.69) is 23.4 Å². The van der Waals surface area contributed by atoms with Crippen molar-refractivity contribution in [1.29, 1.82) is 0 Å². The second kappa shape index (κ2) is 6.00. The van der Waals surface area contributed by atoms with Gasteiger partial charge in [0.25, 0.3) is 5.69 Å². The maximum Gasteiger partial charge on any atom is 0.294 e. The lowest BCUT2D eigenvalue weighted by molar-refractivity contribution is -0.384. The number of rotatable bonds is 4. The fourth-order valence-corrected chi connectivity index (χ4v) is 3.00. The second-order valence-corrected chi connectivity index (χ2v) is 5.48. The van der Waals surface area contributed by atoms with Gasteiger partial charge in [0.2, 0.25) is 0 Å².